The minimum atomic E-state index is -0.413. The van der Waals surface area contributed by atoms with Crippen molar-refractivity contribution in [1.82, 2.24) is 4.98 Å². The maximum absolute atomic E-state index is 13.0. The van der Waals surface area contributed by atoms with Crippen LogP contribution in [0, 0.1) is 0 Å². The maximum Gasteiger partial charge on any atom is 0.342 e. The zero-order valence-electron chi connectivity index (χ0n) is 17.8. The predicted octanol–water partition coefficient (Wildman–Crippen LogP) is 5.44. The van der Waals surface area contributed by atoms with Crippen LogP contribution in [0.4, 0.5) is 11.5 Å². The van der Waals surface area contributed by atoms with Gasteiger partial charge in [-0.3, -0.25) is 0 Å². The monoisotopic (exact) mass is 445 g/mol. The largest absolute Gasteiger partial charge is 0.462 e. The summed E-state index contributed by atoms with van der Waals surface area (Å²) in [7, 11) is 7.60. The number of fused-ring (bicyclic) bond motifs is 1. The van der Waals surface area contributed by atoms with Gasteiger partial charge in [-0.15, -0.1) is 0 Å². The first-order valence-electron chi connectivity index (χ1n) is 9.65. The Morgan fingerprint density at radius 1 is 1.07 bits per heavy atom. The third-order valence-electron chi connectivity index (χ3n) is 4.83. The molecule has 0 saturated carbocycles. The second-order valence-corrected chi connectivity index (χ2v) is 8.23. The average Bonchev–Trinajstić information content (AvgIpc) is 2.68. The molecule has 0 amide bonds. The van der Waals surface area contributed by atoms with Crippen LogP contribution in [0.1, 0.15) is 28.4 Å². The second-order valence-electron chi connectivity index (χ2n) is 7.39. The molecule has 7 heteroatoms. The topological polar surface area (TPSA) is 45.7 Å². The number of anilines is 2. The lowest BCUT2D eigenvalue weighted by Crippen LogP contribution is -2.21. The molecule has 0 saturated heterocycles. The molecule has 3 aromatic rings. The molecule has 0 radical (unpaired) electrons. The third-order valence-corrected chi connectivity index (χ3v) is 5.42. The van der Waals surface area contributed by atoms with E-state index in [0.29, 0.717) is 27.8 Å². The normalized spacial score (nSPS) is 10.9. The van der Waals surface area contributed by atoms with Gasteiger partial charge in [-0.05, 0) is 36.2 Å². The molecule has 30 heavy (non-hydrogen) atoms. The van der Waals surface area contributed by atoms with E-state index in [1.807, 2.05) is 74.4 Å². The van der Waals surface area contributed by atoms with Gasteiger partial charge in [-0.25, -0.2) is 9.78 Å². The molecule has 0 spiro atoms. The van der Waals surface area contributed by atoms with Crippen LogP contribution in [-0.2, 0) is 11.2 Å². The Balaban J connectivity index is 2.44. The molecule has 0 bridgehead atoms. The highest BCUT2D eigenvalue weighted by Crippen LogP contribution is 2.37. The lowest BCUT2D eigenvalue weighted by molar-refractivity contribution is 0.0526. The highest BCUT2D eigenvalue weighted by molar-refractivity contribution is 6.32. The van der Waals surface area contributed by atoms with Crippen molar-refractivity contribution in [3.63, 3.8) is 0 Å². The molecular weight excluding hydrogens is 421 g/mol. The van der Waals surface area contributed by atoms with Gasteiger partial charge in [-0.1, -0.05) is 41.4 Å². The number of hydrogen-bond acceptors (Lipinski definition) is 5. The number of benzene rings is 2. The van der Waals surface area contributed by atoms with E-state index < -0.39 is 5.97 Å². The minimum Gasteiger partial charge on any atom is -0.462 e. The molecule has 0 atom stereocenters. The molecule has 2 aromatic carbocycles. The van der Waals surface area contributed by atoms with Crippen molar-refractivity contribution in [2.75, 3.05) is 44.6 Å². The van der Waals surface area contributed by atoms with E-state index in [9.17, 15) is 4.79 Å². The summed E-state index contributed by atoms with van der Waals surface area (Å²) >= 11 is 12.9. The average molecular weight is 446 g/mol. The van der Waals surface area contributed by atoms with E-state index in [2.05, 4.69) is 0 Å². The molecule has 158 valence electrons. The van der Waals surface area contributed by atoms with Gasteiger partial charge in [0.05, 0.1) is 17.8 Å². The molecular formula is C23H25Cl2N3O2. The number of esters is 1. The van der Waals surface area contributed by atoms with E-state index in [0.717, 1.165) is 27.7 Å². The summed E-state index contributed by atoms with van der Waals surface area (Å²) in [6, 6.07) is 11.3. The Morgan fingerprint density at radius 2 is 1.77 bits per heavy atom. The summed E-state index contributed by atoms with van der Waals surface area (Å²) in [5, 5.41) is 2.01. The van der Waals surface area contributed by atoms with Gasteiger partial charge in [0.15, 0.2) is 0 Å². The number of nitrogens with zero attached hydrogens (tertiary/aromatic N) is 3. The standard InChI is InChI=1S/C23H25Cl2N3O2/c1-6-30-23(29)20-16(11-14-9-7-8-10-18(14)25)17-12-15(24)13-19(27(2)3)21(17)26-22(20)28(4)5/h7-10,12-13H,6,11H2,1-5H3. The number of carbonyl (C=O) groups excluding carboxylic acids is 1. The van der Waals surface area contributed by atoms with E-state index in [4.69, 9.17) is 32.9 Å². The number of rotatable bonds is 6. The fraction of sp³-hybridized carbons (Fsp3) is 0.304. The molecule has 0 aliphatic rings. The number of halogens is 2. The number of hydrogen-bond donors (Lipinski definition) is 0. The maximum atomic E-state index is 13.0. The van der Waals surface area contributed by atoms with Crippen LogP contribution in [-0.4, -0.2) is 45.8 Å². The summed E-state index contributed by atoms with van der Waals surface area (Å²) in [5.74, 6) is 0.137. The van der Waals surface area contributed by atoms with Gasteiger partial charge in [0.2, 0.25) is 0 Å². The molecule has 1 aromatic heterocycles. The van der Waals surface area contributed by atoms with Crippen LogP contribution in [0.15, 0.2) is 36.4 Å². The predicted molar refractivity (Wildman–Crippen MR) is 126 cm³/mol. The van der Waals surface area contributed by atoms with Gasteiger partial charge in [0.1, 0.15) is 11.4 Å². The van der Waals surface area contributed by atoms with Crippen LogP contribution in [0.3, 0.4) is 0 Å². The molecule has 0 N–H and O–H groups in total. The summed E-state index contributed by atoms with van der Waals surface area (Å²) in [6.45, 7) is 2.06. The van der Waals surface area contributed by atoms with E-state index in [1.165, 1.54) is 0 Å². The van der Waals surface area contributed by atoms with E-state index in [-0.39, 0.29) is 6.61 Å². The van der Waals surface area contributed by atoms with Gasteiger partial charge in [0.25, 0.3) is 0 Å². The molecule has 0 fully saturated rings. The highest BCUT2D eigenvalue weighted by atomic mass is 35.5. The van der Waals surface area contributed by atoms with Crippen molar-refractivity contribution < 1.29 is 9.53 Å². The Bertz CT molecular complexity index is 1100. The summed E-state index contributed by atoms with van der Waals surface area (Å²) in [5.41, 5.74) is 3.77. The number of ether oxygens (including phenoxy) is 1. The van der Waals surface area contributed by atoms with Gasteiger partial charge in [0, 0.05) is 50.0 Å². The molecule has 0 unspecified atom stereocenters. The number of pyridine rings is 1. The minimum absolute atomic E-state index is 0.272. The SMILES string of the molecule is CCOC(=O)c1c(N(C)C)nc2c(N(C)C)cc(Cl)cc2c1Cc1ccccc1Cl. The van der Waals surface area contributed by atoms with E-state index >= 15 is 0 Å². The van der Waals surface area contributed by atoms with Crippen molar-refractivity contribution in [3.05, 3.63) is 63.1 Å². The molecule has 0 aliphatic carbocycles. The van der Waals surface area contributed by atoms with Crippen molar-refractivity contribution in [3.8, 4) is 0 Å². The number of carbonyl (C=O) groups is 1. The van der Waals surface area contributed by atoms with Gasteiger partial charge >= 0.3 is 5.97 Å². The van der Waals surface area contributed by atoms with Crippen molar-refractivity contribution in [1.29, 1.82) is 0 Å². The van der Waals surface area contributed by atoms with Gasteiger partial charge < -0.3 is 14.5 Å². The van der Waals surface area contributed by atoms with E-state index in [1.54, 1.807) is 6.92 Å². The molecule has 0 aliphatic heterocycles. The lowest BCUT2D eigenvalue weighted by Gasteiger charge is -2.23. The Kier molecular flexibility index (Phi) is 6.74. The second kappa shape index (κ2) is 9.11. The van der Waals surface area contributed by atoms with Crippen LogP contribution in [0.2, 0.25) is 10.0 Å². The Labute approximate surface area is 187 Å². The lowest BCUT2D eigenvalue weighted by atomic mass is 9.95. The first-order chi connectivity index (χ1) is 14.2. The Morgan fingerprint density at radius 3 is 2.37 bits per heavy atom. The Hall–Kier alpha value is -2.50. The summed E-state index contributed by atoms with van der Waals surface area (Å²) in [4.78, 5) is 21.7. The number of aromatic nitrogens is 1. The molecule has 1 heterocycles. The highest BCUT2D eigenvalue weighted by Gasteiger charge is 2.26. The summed E-state index contributed by atoms with van der Waals surface area (Å²) in [6.07, 6.45) is 0.445. The fourth-order valence-corrected chi connectivity index (χ4v) is 3.88. The third kappa shape index (κ3) is 4.32. The first-order valence-corrected chi connectivity index (χ1v) is 10.4. The van der Waals surface area contributed by atoms with Crippen LogP contribution >= 0.6 is 23.2 Å². The zero-order chi connectivity index (χ0) is 22.0. The molecule has 5 nitrogen and oxygen atoms in total. The zero-order valence-corrected chi connectivity index (χ0v) is 19.3. The van der Waals surface area contributed by atoms with Gasteiger partial charge in [-0.2, -0.15) is 0 Å². The van der Waals surface area contributed by atoms with Crippen molar-refractivity contribution >= 4 is 51.6 Å². The first kappa shape index (κ1) is 22.2. The van der Waals surface area contributed by atoms with Crippen molar-refractivity contribution in [2.24, 2.45) is 0 Å². The fourth-order valence-electron chi connectivity index (χ4n) is 3.46. The van der Waals surface area contributed by atoms with Crippen LogP contribution in [0.25, 0.3) is 10.9 Å². The van der Waals surface area contributed by atoms with Crippen molar-refractivity contribution in [2.45, 2.75) is 13.3 Å². The van der Waals surface area contributed by atoms with Crippen LogP contribution in [0.5, 0.6) is 0 Å². The molecule has 3 rings (SSSR count). The van der Waals surface area contributed by atoms with Crippen LogP contribution < -0.4 is 9.80 Å². The summed E-state index contributed by atoms with van der Waals surface area (Å²) < 4.78 is 5.40. The smallest absolute Gasteiger partial charge is 0.342 e. The quantitative estimate of drug-likeness (QED) is 0.472.